The quantitative estimate of drug-likeness (QED) is 0.759. The Balaban J connectivity index is 1.89. The monoisotopic (exact) mass is 339 g/mol. The summed E-state index contributed by atoms with van der Waals surface area (Å²) in [4.78, 5) is 15.8. The van der Waals surface area contributed by atoms with Crippen molar-refractivity contribution >= 4 is 17.2 Å². The molecular formula is C18H17N3O2S. The van der Waals surface area contributed by atoms with Crippen molar-refractivity contribution in [1.29, 1.82) is 0 Å². The Morgan fingerprint density at radius 3 is 2.75 bits per heavy atom. The number of hydrogen-bond acceptors (Lipinski definition) is 4. The lowest BCUT2D eigenvalue weighted by atomic mass is 9.98. The molecule has 3 aromatic rings. The maximum Gasteiger partial charge on any atom is 0.275 e. The zero-order valence-corrected chi connectivity index (χ0v) is 14.0. The van der Waals surface area contributed by atoms with Crippen LogP contribution in [0.5, 0.6) is 5.75 Å². The van der Waals surface area contributed by atoms with Crippen LogP contribution in [0.1, 0.15) is 41.0 Å². The van der Waals surface area contributed by atoms with Gasteiger partial charge in [-0.05, 0) is 35.6 Å². The fraction of sp³-hybridized carbons (Fsp3) is 0.222. The van der Waals surface area contributed by atoms with Crippen LogP contribution in [-0.2, 0) is 0 Å². The zero-order chi connectivity index (χ0) is 16.7. The molecule has 0 fully saturated rings. The van der Waals surface area contributed by atoms with Crippen LogP contribution < -0.4 is 0 Å². The normalized spacial score (nSPS) is 16.6. The lowest BCUT2D eigenvalue weighted by Gasteiger charge is -2.26. The van der Waals surface area contributed by atoms with E-state index in [4.69, 9.17) is 0 Å². The van der Waals surface area contributed by atoms with Gasteiger partial charge >= 0.3 is 0 Å². The highest BCUT2D eigenvalue weighted by Gasteiger charge is 2.42. The summed E-state index contributed by atoms with van der Waals surface area (Å²) in [6.45, 7) is 2.73. The van der Waals surface area contributed by atoms with Crippen LogP contribution in [0.15, 0.2) is 41.8 Å². The molecule has 0 saturated carbocycles. The van der Waals surface area contributed by atoms with Crippen LogP contribution in [0, 0.1) is 0 Å². The molecule has 1 unspecified atom stereocenters. The van der Waals surface area contributed by atoms with Crippen LogP contribution in [0.4, 0.5) is 0 Å². The summed E-state index contributed by atoms with van der Waals surface area (Å²) in [5.41, 5.74) is 3.32. The average molecular weight is 339 g/mol. The number of H-pyrrole nitrogens is 1. The minimum atomic E-state index is -0.177. The van der Waals surface area contributed by atoms with E-state index in [9.17, 15) is 9.90 Å². The van der Waals surface area contributed by atoms with Crippen LogP contribution in [0.2, 0.25) is 0 Å². The Hall–Kier alpha value is -2.60. The second-order valence-corrected chi connectivity index (χ2v) is 6.78. The third-order valence-corrected chi connectivity index (χ3v) is 5.18. The summed E-state index contributed by atoms with van der Waals surface area (Å²) in [6.07, 6.45) is 0.878. The van der Waals surface area contributed by atoms with Gasteiger partial charge in [0.2, 0.25) is 0 Å². The molecule has 0 radical (unpaired) electrons. The number of fused-ring (bicyclic) bond motifs is 1. The number of phenols is 1. The van der Waals surface area contributed by atoms with Crippen LogP contribution in [-0.4, -0.2) is 32.7 Å². The van der Waals surface area contributed by atoms with Crippen molar-refractivity contribution in [2.75, 3.05) is 6.54 Å². The second-order valence-electron chi connectivity index (χ2n) is 5.83. The topological polar surface area (TPSA) is 69.2 Å². The van der Waals surface area contributed by atoms with E-state index in [1.54, 1.807) is 23.5 Å². The molecule has 3 heterocycles. The molecule has 2 aromatic heterocycles. The third-order valence-electron chi connectivity index (χ3n) is 4.29. The highest BCUT2D eigenvalue weighted by molar-refractivity contribution is 7.13. The van der Waals surface area contributed by atoms with Gasteiger partial charge in [0, 0.05) is 12.1 Å². The molecule has 24 heavy (non-hydrogen) atoms. The fourth-order valence-corrected chi connectivity index (χ4v) is 4.01. The summed E-state index contributed by atoms with van der Waals surface area (Å²) in [6, 6.07) is 10.9. The van der Waals surface area contributed by atoms with Crippen molar-refractivity contribution in [2.45, 2.75) is 19.4 Å². The van der Waals surface area contributed by atoms with Gasteiger partial charge in [0.1, 0.15) is 5.75 Å². The number of nitrogens with one attached hydrogen (secondary N) is 1. The summed E-state index contributed by atoms with van der Waals surface area (Å²) in [7, 11) is 0. The molecule has 0 saturated heterocycles. The Bertz CT molecular complexity index is 868. The van der Waals surface area contributed by atoms with E-state index >= 15 is 0 Å². The number of nitrogens with zero attached hydrogens (tertiary/aromatic N) is 2. The molecule has 0 bridgehead atoms. The van der Waals surface area contributed by atoms with E-state index in [1.807, 2.05) is 34.5 Å². The first-order valence-electron chi connectivity index (χ1n) is 7.92. The molecule has 4 rings (SSSR count). The first-order chi connectivity index (χ1) is 11.7. The third kappa shape index (κ3) is 2.22. The molecule has 1 aliphatic heterocycles. The number of benzene rings is 1. The first kappa shape index (κ1) is 15.0. The molecule has 122 valence electrons. The lowest BCUT2D eigenvalue weighted by molar-refractivity contribution is 0.0744. The SMILES string of the molecule is CCCN1C(=O)c2n[nH]c(-c3cccs3)c2C1c1ccc(O)cc1. The van der Waals surface area contributed by atoms with Crippen LogP contribution in [0.3, 0.4) is 0 Å². The van der Waals surface area contributed by atoms with Gasteiger partial charge < -0.3 is 10.0 Å². The number of hydrogen-bond donors (Lipinski definition) is 2. The van der Waals surface area contributed by atoms with Gasteiger partial charge in [-0.25, -0.2) is 0 Å². The van der Waals surface area contributed by atoms with E-state index < -0.39 is 0 Å². The van der Waals surface area contributed by atoms with E-state index in [1.165, 1.54) is 0 Å². The molecule has 0 aliphatic carbocycles. The molecule has 2 N–H and O–H groups in total. The van der Waals surface area contributed by atoms with Gasteiger partial charge in [0.05, 0.1) is 16.6 Å². The molecule has 1 aromatic carbocycles. The van der Waals surface area contributed by atoms with Crippen LogP contribution >= 0.6 is 11.3 Å². The predicted octanol–water partition coefficient (Wildman–Crippen LogP) is 3.80. The number of aromatic hydroxyl groups is 1. The zero-order valence-electron chi connectivity index (χ0n) is 13.2. The Morgan fingerprint density at radius 1 is 1.29 bits per heavy atom. The van der Waals surface area contributed by atoms with Crippen molar-refractivity contribution in [3.05, 3.63) is 58.6 Å². The lowest BCUT2D eigenvalue weighted by Crippen LogP contribution is -2.30. The number of carbonyl (C=O) groups is 1. The number of rotatable bonds is 4. The number of aromatic amines is 1. The van der Waals surface area contributed by atoms with Crippen molar-refractivity contribution < 1.29 is 9.90 Å². The average Bonchev–Trinajstić information content (AvgIpc) is 3.28. The van der Waals surface area contributed by atoms with Gasteiger partial charge in [-0.3, -0.25) is 9.89 Å². The number of aromatic nitrogens is 2. The molecular weight excluding hydrogens is 322 g/mol. The molecule has 1 amide bonds. The number of thiophene rings is 1. The van der Waals surface area contributed by atoms with Gasteiger partial charge in [-0.1, -0.05) is 25.1 Å². The van der Waals surface area contributed by atoms with E-state index in [2.05, 4.69) is 17.1 Å². The van der Waals surface area contributed by atoms with E-state index in [-0.39, 0.29) is 17.7 Å². The van der Waals surface area contributed by atoms with Gasteiger partial charge in [-0.15, -0.1) is 11.3 Å². The fourth-order valence-electron chi connectivity index (χ4n) is 3.27. The highest BCUT2D eigenvalue weighted by atomic mass is 32.1. The first-order valence-corrected chi connectivity index (χ1v) is 8.80. The van der Waals surface area contributed by atoms with E-state index in [0.29, 0.717) is 12.2 Å². The summed E-state index contributed by atoms with van der Waals surface area (Å²) in [5.74, 6) is 0.181. The van der Waals surface area contributed by atoms with Crippen molar-refractivity contribution in [3.8, 4) is 16.3 Å². The van der Waals surface area contributed by atoms with Gasteiger partial charge in [0.25, 0.3) is 5.91 Å². The summed E-state index contributed by atoms with van der Waals surface area (Å²) in [5, 5.41) is 18.9. The second kappa shape index (κ2) is 5.79. The Morgan fingerprint density at radius 2 is 2.08 bits per heavy atom. The molecule has 1 aliphatic rings. The Labute approximate surface area is 143 Å². The molecule has 0 spiro atoms. The minimum Gasteiger partial charge on any atom is -0.508 e. The van der Waals surface area contributed by atoms with Gasteiger partial charge in [0.15, 0.2) is 5.69 Å². The molecule has 6 heteroatoms. The standard InChI is InChI=1S/C18H17N3O2S/c1-2-9-21-17(11-5-7-12(22)8-6-11)14-15(13-4-3-10-24-13)19-20-16(14)18(21)23/h3-8,10,17,22H,2,9H2,1H3,(H,19,20). The summed E-state index contributed by atoms with van der Waals surface area (Å²) >= 11 is 1.62. The summed E-state index contributed by atoms with van der Waals surface area (Å²) < 4.78 is 0. The smallest absolute Gasteiger partial charge is 0.275 e. The number of carbonyl (C=O) groups excluding carboxylic acids is 1. The van der Waals surface area contributed by atoms with Gasteiger partial charge in [-0.2, -0.15) is 5.10 Å². The van der Waals surface area contributed by atoms with Crippen molar-refractivity contribution in [1.82, 2.24) is 15.1 Å². The highest BCUT2D eigenvalue weighted by Crippen LogP contribution is 2.43. The maximum atomic E-state index is 12.8. The number of phenolic OH excluding ortho intramolecular Hbond substituents is 1. The molecule has 5 nitrogen and oxygen atoms in total. The Kier molecular flexibility index (Phi) is 3.61. The van der Waals surface area contributed by atoms with Crippen molar-refractivity contribution in [2.24, 2.45) is 0 Å². The minimum absolute atomic E-state index is 0.0380. The largest absolute Gasteiger partial charge is 0.508 e. The number of amides is 1. The van der Waals surface area contributed by atoms with Crippen LogP contribution in [0.25, 0.3) is 10.6 Å². The predicted molar refractivity (Wildman–Crippen MR) is 93.2 cm³/mol. The van der Waals surface area contributed by atoms with Crippen molar-refractivity contribution in [3.63, 3.8) is 0 Å². The maximum absolute atomic E-state index is 12.8. The van der Waals surface area contributed by atoms with E-state index in [0.717, 1.165) is 28.1 Å². The molecule has 1 atom stereocenters.